The van der Waals surface area contributed by atoms with Crippen molar-refractivity contribution in [2.24, 2.45) is 0 Å². The summed E-state index contributed by atoms with van der Waals surface area (Å²) in [4.78, 5) is 70.2. The van der Waals surface area contributed by atoms with Crippen molar-refractivity contribution in [2.45, 2.75) is 129 Å². The van der Waals surface area contributed by atoms with Crippen LogP contribution in [0, 0.1) is 13.8 Å². The molecule has 2 spiro atoms. The van der Waals surface area contributed by atoms with Gasteiger partial charge in [-0.25, -0.2) is 9.59 Å². The Morgan fingerprint density at radius 1 is 0.618 bits per heavy atom. The molecule has 4 aliphatic heterocycles. The maximum atomic E-state index is 13.3. The van der Waals surface area contributed by atoms with Gasteiger partial charge in [0.05, 0.1) is 11.1 Å². The van der Waals surface area contributed by atoms with Gasteiger partial charge in [0, 0.05) is 60.4 Å². The highest BCUT2D eigenvalue weighted by Gasteiger charge is 2.48. The summed E-state index contributed by atoms with van der Waals surface area (Å²) in [6.07, 6.45) is 7.20. The van der Waals surface area contributed by atoms with Crippen LogP contribution in [0.25, 0.3) is 0 Å². The van der Waals surface area contributed by atoms with Gasteiger partial charge in [-0.1, -0.05) is 17.7 Å². The maximum Gasteiger partial charge on any atom is 0.410 e. The lowest BCUT2D eigenvalue weighted by molar-refractivity contribution is 0.00311. The molecule has 0 aromatic heterocycles. The first-order chi connectivity index (χ1) is 25.8. The molecule has 4 fully saturated rings. The molecule has 55 heavy (non-hydrogen) atoms. The van der Waals surface area contributed by atoms with E-state index >= 15 is 0 Å². The lowest BCUT2D eigenvalue weighted by Crippen LogP contribution is -2.55. The highest BCUT2D eigenvalue weighted by molar-refractivity contribution is 9.10. The molecule has 4 heterocycles. The van der Waals surface area contributed by atoms with Crippen LogP contribution in [0.4, 0.5) is 9.59 Å². The summed E-state index contributed by atoms with van der Waals surface area (Å²) < 4.78 is 11.8. The number of hydrogen-bond acceptors (Lipinski definition) is 7. The SMILES string of the molecule is Cc1ccc(C(=O)N2CCCC23CCN(C(=O)OC(C)(C)C)CC3)c(Br)c1.Cc1ccc(C(=O)N2CCCC23CCN(C(=O)OC(C)(C)C)CC3)c(C=O)c1. The number of amides is 4. The number of halogens is 1. The van der Waals surface area contributed by atoms with E-state index in [1.54, 1.807) is 21.9 Å². The van der Waals surface area contributed by atoms with E-state index in [-0.39, 0.29) is 35.1 Å². The number of likely N-dealkylation sites (tertiary alicyclic amines) is 4. The lowest BCUT2D eigenvalue weighted by atomic mass is 9.84. The van der Waals surface area contributed by atoms with Gasteiger partial charge in [-0.3, -0.25) is 14.4 Å². The van der Waals surface area contributed by atoms with Gasteiger partial charge >= 0.3 is 12.2 Å². The molecule has 4 saturated heterocycles. The van der Waals surface area contributed by atoms with E-state index in [1.165, 1.54) is 0 Å². The van der Waals surface area contributed by atoms with Gasteiger partial charge in [0.25, 0.3) is 11.8 Å². The summed E-state index contributed by atoms with van der Waals surface area (Å²) >= 11 is 3.55. The van der Waals surface area contributed by atoms with Crippen LogP contribution >= 0.6 is 15.9 Å². The summed E-state index contributed by atoms with van der Waals surface area (Å²) in [7, 11) is 0. The largest absolute Gasteiger partial charge is 0.444 e. The summed E-state index contributed by atoms with van der Waals surface area (Å²) in [5, 5.41) is 0. The van der Waals surface area contributed by atoms with Gasteiger partial charge in [0.1, 0.15) is 11.2 Å². The first-order valence-corrected chi connectivity index (χ1v) is 20.5. The minimum Gasteiger partial charge on any atom is -0.444 e. The number of hydrogen-bond donors (Lipinski definition) is 0. The Balaban J connectivity index is 0.000000211. The Morgan fingerprint density at radius 3 is 1.42 bits per heavy atom. The van der Waals surface area contributed by atoms with Crippen LogP contribution in [0.5, 0.6) is 0 Å². The quantitative estimate of drug-likeness (QED) is 0.285. The second-order valence-corrected chi connectivity index (χ2v) is 18.6. The average Bonchev–Trinajstić information content (AvgIpc) is 3.70. The molecule has 0 atom stereocenters. The molecule has 11 nitrogen and oxygen atoms in total. The van der Waals surface area contributed by atoms with Crippen LogP contribution in [0.1, 0.15) is 135 Å². The van der Waals surface area contributed by atoms with Gasteiger partial charge in [-0.05, 0) is 153 Å². The van der Waals surface area contributed by atoms with Crippen LogP contribution in [0.3, 0.4) is 0 Å². The molecule has 0 bridgehead atoms. The van der Waals surface area contributed by atoms with Gasteiger partial charge in [0.2, 0.25) is 0 Å². The minimum absolute atomic E-state index is 0.0784. The molecule has 0 radical (unpaired) electrons. The minimum atomic E-state index is -0.516. The number of carbonyl (C=O) groups is 5. The molecule has 0 saturated carbocycles. The molecule has 300 valence electrons. The number of nitrogens with zero attached hydrogens (tertiary/aromatic N) is 4. The number of rotatable bonds is 3. The van der Waals surface area contributed by atoms with E-state index < -0.39 is 11.2 Å². The number of piperidine rings is 2. The Kier molecular flexibility index (Phi) is 12.8. The topological polar surface area (TPSA) is 117 Å². The van der Waals surface area contributed by atoms with Gasteiger partial charge in [-0.15, -0.1) is 0 Å². The number of carbonyl (C=O) groups excluding carboxylic acids is 5. The molecule has 0 N–H and O–H groups in total. The first-order valence-electron chi connectivity index (χ1n) is 19.7. The molecule has 0 aliphatic carbocycles. The third-order valence-electron chi connectivity index (χ3n) is 11.3. The summed E-state index contributed by atoms with van der Waals surface area (Å²) in [5.41, 5.74) is 2.34. The molecule has 2 aromatic carbocycles. The van der Waals surface area contributed by atoms with Gasteiger partial charge in [-0.2, -0.15) is 0 Å². The predicted octanol–water partition coefficient (Wildman–Crippen LogP) is 8.58. The van der Waals surface area contributed by atoms with E-state index in [4.69, 9.17) is 9.47 Å². The Morgan fingerprint density at radius 2 is 1.02 bits per heavy atom. The third kappa shape index (κ3) is 9.91. The van der Waals surface area contributed by atoms with Crippen LogP contribution in [0.15, 0.2) is 40.9 Å². The second kappa shape index (κ2) is 16.7. The highest BCUT2D eigenvalue weighted by atomic mass is 79.9. The molecule has 12 heteroatoms. The van der Waals surface area contributed by atoms with E-state index in [9.17, 15) is 24.0 Å². The normalized spacial score (nSPS) is 19.2. The van der Waals surface area contributed by atoms with Crippen LogP contribution in [-0.4, -0.2) is 111 Å². The van der Waals surface area contributed by atoms with E-state index in [2.05, 4.69) is 20.8 Å². The van der Waals surface area contributed by atoms with E-state index in [0.29, 0.717) is 43.9 Å². The highest BCUT2D eigenvalue weighted by Crippen LogP contribution is 2.41. The number of benzene rings is 2. The van der Waals surface area contributed by atoms with Crippen molar-refractivity contribution < 1.29 is 33.4 Å². The Hall–Kier alpha value is -3.93. The van der Waals surface area contributed by atoms with Crippen molar-refractivity contribution in [2.75, 3.05) is 39.3 Å². The molecule has 6 rings (SSSR count). The number of aldehydes is 1. The number of aryl methyl sites for hydroxylation is 2. The molecular weight excluding hydrogens is 764 g/mol. The molecule has 4 aliphatic rings. The zero-order valence-electron chi connectivity index (χ0n) is 34.0. The van der Waals surface area contributed by atoms with Crippen LogP contribution < -0.4 is 0 Å². The average molecular weight is 824 g/mol. The Bertz CT molecular complexity index is 1760. The van der Waals surface area contributed by atoms with Crippen molar-refractivity contribution in [3.05, 3.63) is 68.7 Å². The third-order valence-corrected chi connectivity index (χ3v) is 12.0. The molecule has 0 unspecified atom stereocenters. The van der Waals surface area contributed by atoms with E-state index in [1.807, 2.05) is 84.6 Å². The smallest absolute Gasteiger partial charge is 0.410 e. The summed E-state index contributed by atoms with van der Waals surface area (Å²) in [6, 6.07) is 11.3. The molecule has 2 aromatic rings. The van der Waals surface area contributed by atoms with Crippen molar-refractivity contribution in [3.63, 3.8) is 0 Å². The fourth-order valence-electron chi connectivity index (χ4n) is 8.47. The summed E-state index contributed by atoms with van der Waals surface area (Å²) in [6.45, 7) is 19.0. The standard InChI is InChI=1S/C22H30N2O4.C21H29BrN2O3/c1-16-6-7-18(17(14-16)15-25)19(26)24-11-5-8-22(24)9-12-23(13-10-22)20(27)28-21(2,3)4;1-15-6-7-16(17(22)14-15)18(25)24-11-5-8-21(24)9-12-23(13-10-21)19(26)27-20(2,3)4/h6-7,14-15H,5,8-13H2,1-4H3;6-7,14H,5,8-13H2,1-4H3. The summed E-state index contributed by atoms with van der Waals surface area (Å²) in [5.74, 6) is 0.00964. The zero-order valence-corrected chi connectivity index (χ0v) is 35.6. The van der Waals surface area contributed by atoms with Gasteiger partial charge < -0.3 is 29.1 Å². The monoisotopic (exact) mass is 822 g/mol. The fourth-order valence-corrected chi connectivity index (χ4v) is 9.14. The van der Waals surface area contributed by atoms with Crippen molar-refractivity contribution in [1.29, 1.82) is 0 Å². The van der Waals surface area contributed by atoms with Crippen molar-refractivity contribution in [1.82, 2.24) is 19.6 Å². The lowest BCUT2D eigenvalue weighted by Gasteiger charge is -2.45. The van der Waals surface area contributed by atoms with Crippen LogP contribution in [-0.2, 0) is 9.47 Å². The molecular formula is C43H59BrN4O7. The van der Waals surface area contributed by atoms with Crippen LogP contribution in [0.2, 0.25) is 0 Å². The number of ether oxygens (including phenoxy) is 2. The Labute approximate surface area is 335 Å². The fraction of sp³-hybridized carbons (Fsp3) is 0.605. The predicted molar refractivity (Wildman–Crippen MR) is 216 cm³/mol. The van der Waals surface area contributed by atoms with Crippen molar-refractivity contribution >= 4 is 46.2 Å². The first kappa shape index (κ1) is 42.2. The van der Waals surface area contributed by atoms with Crippen molar-refractivity contribution in [3.8, 4) is 0 Å². The zero-order chi connectivity index (χ0) is 40.3. The van der Waals surface area contributed by atoms with E-state index in [0.717, 1.165) is 85.4 Å². The second-order valence-electron chi connectivity index (χ2n) is 17.7. The van der Waals surface area contributed by atoms with Gasteiger partial charge in [0.15, 0.2) is 6.29 Å². The maximum absolute atomic E-state index is 13.3. The molecule has 4 amide bonds.